The van der Waals surface area contributed by atoms with Crippen LogP contribution in [0.1, 0.15) is 6.42 Å². The zero-order valence-electron chi connectivity index (χ0n) is 18.3. The molecular weight excluding hydrogens is 427 g/mol. The van der Waals surface area contributed by atoms with Gasteiger partial charge >= 0.3 is 12.1 Å². The van der Waals surface area contributed by atoms with Gasteiger partial charge in [-0.05, 0) is 32.6 Å². The Morgan fingerprint density at radius 1 is 1.12 bits per heavy atom. The molecule has 1 heterocycles. The molecule has 0 atom stereocenters. The van der Waals surface area contributed by atoms with Gasteiger partial charge < -0.3 is 24.8 Å². The molecule has 2 aromatic carbocycles. The number of rotatable bonds is 7. The van der Waals surface area contributed by atoms with Crippen molar-refractivity contribution in [3.8, 4) is 11.5 Å². The number of halogens is 3. The Balaban J connectivity index is 0.000000451. The SMILES string of the molecule is CNc1c2ccccc2nc2cc(OCCCN(C)C)c(OC)cc12.O=C(O)C(F)(F)F. The molecular formula is C22H26F3N3O4. The smallest absolute Gasteiger partial charge is 0.490 e. The van der Waals surface area contributed by atoms with Crippen molar-refractivity contribution in [3.63, 3.8) is 0 Å². The van der Waals surface area contributed by atoms with Crippen LogP contribution in [0.5, 0.6) is 11.5 Å². The van der Waals surface area contributed by atoms with Crippen molar-refractivity contribution >= 4 is 33.5 Å². The number of carbonyl (C=O) groups is 1. The highest BCUT2D eigenvalue weighted by atomic mass is 19.4. The van der Waals surface area contributed by atoms with E-state index >= 15 is 0 Å². The van der Waals surface area contributed by atoms with Gasteiger partial charge in [0.2, 0.25) is 0 Å². The molecule has 3 aromatic rings. The Labute approximate surface area is 183 Å². The second-order valence-electron chi connectivity index (χ2n) is 7.08. The topological polar surface area (TPSA) is 83.9 Å². The maximum atomic E-state index is 10.6. The fourth-order valence-corrected chi connectivity index (χ4v) is 3.00. The predicted octanol–water partition coefficient (Wildman–Crippen LogP) is 4.40. The molecule has 0 spiro atoms. The summed E-state index contributed by atoms with van der Waals surface area (Å²) in [5, 5.41) is 12.6. The molecule has 0 aliphatic rings. The van der Waals surface area contributed by atoms with E-state index in [0.717, 1.165) is 52.0 Å². The molecule has 0 saturated carbocycles. The van der Waals surface area contributed by atoms with Crippen LogP contribution in [0.15, 0.2) is 36.4 Å². The number of aliphatic carboxylic acids is 1. The molecule has 32 heavy (non-hydrogen) atoms. The van der Waals surface area contributed by atoms with Crippen molar-refractivity contribution < 1.29 is 32.5 Å². The Morgan fingerprint density at radius 2 is 1.78 bits per heavy atom. The second kappa shape index (κ2) is 10.9. The normalized spacial score (nSPS) is 11.2. The lowest BCUT2D eigenvalue weighted by Crippen LogP contribution is -2.21. The summed E-state index contributed by atoms with van der Waals surface area (Å²) in [6, 6.07) is 12.1. The van der Waals surface area contributed by atoms with Crippen molar-refractivity contribution in [2.24, 2.45) is 0 Å². The standard InChI is InChI=1S/C20H25N3O2.C2HF3O2/c1-21-20-14-8-5-6-9-16(14)22-17-13-19(18(24-4)12-15(17)20)25-11-7-10-23(2)3;3-2(4,5)1(6)7/h5-6,8-9,12-13H,7,10-11H2,1-4H3,(H,21,22);(H,6,7). The maximum Gasteiger partial charge on any atom is 0.490 e. The van der Waals surface area contributed by atoms with Crippen molar-refractivity contribution in [1.82, 2.24) is 9.88 Å². The zero-order valence-corrected chi connectivity index (χ0v) is 18.3. The Hall–Kier alpha value is -3.27. The molecule has 1 aromatic heterocycles. The highest BCUT2D eigenvalue weighted by Crippen LogP contribution is 2.37. The summed E-state index contributed by atoms with van der Waals surface area (Å²) >= 11 is 0. The van der Waals surface area contributed by atoms with Gasteiger partial charge in [-0.2, -0.15) is 13.2 Å². The average Bonchev–Trinajstić information content (AvgIpc) is 2.74. The van der Waals surface area contributed by atoms with Crippen LogP contribution < -0.4 is 14.8 Å². The number of carboxylic acid groups (broad SMARTS) is 1. The van der Waals surface area contributed by atoms with Crippen LogP contribution in [0.25, 0.3) is 21.8 Å². The van der Waals surface area contributed by atoms with Gasteiger partial charge in [0.15, 0.2) is 11.5 Å². The van der Waals surface area contributed by atoms with Crippen LogP contribution in [0.2, 0.25) is 0 Å². The van der Waals surface area contributed by atoms with Crippen LogP contribution >= 0.6 is 0 Å². The number of nitrogens with one attached hydrogen (secondary N) is 1. The van der Waals surface area contributed by atoms with E-state index in [1.807, 2.05) is 37.4 Å². The first kappa shape index (κ1) is 25.0. The van der Waals surface area contributed by atoms with Gasteiger partial charge in [-0.25, -0.2) is 9.78 Å². The number of fused-ring (bicyclic) bond motifs is 2. The summed E-state index contributed by atoms with van der Waals surface area (Å²) in [5.41, 5.74) is 2.91. The minimum absolute atomic E-state index is 0.645. The van der Waals surface area contributed by atoms with Crippen molar-refractivity contribution in [1.29, 1.82) is 0 Å². The Morgan fingerprint density at radius 3 is 2.34 bits per heavy atom. The van der Waals surface area contributed by atoms with Crippen molar-refractivity contribution in [2.45, 2.75) is 12.6 Å². The summed E-state index contributed by atoms with van der Waals surface area (Å²) in [6.45, 7) is 1.63. The molecule has 0 bridgehead atoms. The number of benzene rings is 2. The number of anilines is 1. The highest BCUT2D eigenvalue weighted by molar-refractivity contribution is 6.08. The van der Waals surface area contributed by atoms with Gasteiger partial charge in [0, 0.05) is 30.4 Å². The van der Waals surface area contributed by atoms with E-state index in [-0.39, 0.29) is 0 Å². The summed E-state index contributed by atoms with van der Waals surface area (Å²) < 4.78 is 43.2. The molecule has 174 valence electrons. The predicted molar refractivity (Wildman–Crippen MR) is 118 cm³/mol. The lowest BCUT2D eigenvalue weighted by molar-refractivity contribution is -0.192. The van der Waals surface area contributed by atoms with E-state index in [4.69, 9.17) is 24.4 Å². The molecule has 3 rings (SSSR count). The third-order valence-electron chi connectivity index (χ3n) is 4.47. The molecule has 0 aliphatic heterocycles. The van der Waals surface area contributed by atoms with Crippen LogP contribution in [-0.4, -0.2) is 68.5 Å². The third-order valence-corrected chi connectivity index (χ3v) is 4.47. The number of aromatic nitrogens is 1. The van der Waals surface area contributed by atoms with Gasteiger partial charge in [-0.1, -0.05) is 18.2 Å². The van der Waals surface area contributed by atoms with Gasteiger partial charge in [0.25, 0.3) is 0 Å². The van der Waals surface area contributed by atoms with E-state index < -0.39 is 12.1 Å². The number of nitrogens with zero attached hydrogens (tertiary/aromatic N) is 2. The zero-order chi connectivity index (χ0) is 23.9. The third kappa shape index (κ3) is 6.36. The van der Waals surface area contributed by atoms with E-state index in [1.54, 1.807) is 7.11 Å². The molecule has 0 unspecified atom stereocenters. The molecule has 0 aliphatic carbocycles. The molecule has 0 fully saturated rings. The Bertz CT molecular complexity index is 1070. The van der Waals surface area contributed by atoms with Gasteiger partial charge in [0.1, 0.15) is 0 Å². The van der Waals surface area contributed by atoms with Crippen LogP contribution in [0, 0.1) is 0 Å². The lowest BCUT2D eigenvalue weighted by atomic mass is 10.1. The number of ether oxygens (including phenoxy) is 2. The first-order chi connectivity index (χ1) is 15.1. The number of alkyl halides is 3. The number of para-hydroxylation sites is 1. The maximum absolute atomic E-state index is 10.6. The first-order valence-electron chi connectivity index (χ1n) is 9.74. The highest BCUT2D eigenvalue weighted by Gasteiger charge is 2.38. The second-order valence-corrected chi connectivity index (χ2v) is 7.08. The van der Waals surface area contributed by atoms with Gasteiger partial charge in [-0.3, -0.25) is 0 Å². The minimum Gasteiger partial charge on any atom is -0.493 e. The minimum atomic E-state index is -5.08. The van der Waals surface area contributed by atoms with Crippen LogP contribution in [0.3, 0.4) is 0 Å². The molecule has 7 nitrogen and oxygen atoms in total. The Kier molecular flexibility index (Phi) is 8.48. The van der Waals surface area contributed by atoms with E-state index in [9.17, 15) is 13.2 Å². The van der Waals surface area contributed by atoms with Crippen LogP contribution in [-0.2, 0) is 4.79 Å². The molecule has 10 heteroatoms. The monoisotopic (exact) mass is 453 g/mol. The summed E-state index contributed by atoms with van der Waals surface area (Å²) in [6.07, 6.45) is -4.12. The summed E-state index contributed by atoms with van der Waals surface area (Å²) in [5.74, 6) is -1.29. The quantitative estimate of drug-likeness (QED) is 0.405. The molecule has 2 N–H and O–H groups in total. The molecule has 0 saturated heterocycles. The number of hydrogen-bond donors (Lipinski definition) is 2. The van der Waals surface area contributed by atoms with E-state index in [0.29, 0.717) is 6.61 Å². The van der Waals surface area contributed by atoms with Crippen molar-refractivity contribution in [2.75, 3.05) is 46.7 Å². The van der Waals surface area contributed by atoms with E-state index in [1.165, 1.54) is 0 Å². The number of hydrogen-bond acceptors (Lipinski definition) is 6. The first-order valence-corrected chi connectivity index (χ1v) is 9.74. The van der Waals surface area contributed by atoms with Gasteiger partial charge in [-0.15, -0.1) is 0 Å². The largest absolute Gasteiger partial charge is 0.493 e. The number of methoxy groups -OCH3 is 1. The number of carboxylic acids is 1. The van der Waals surface area contributed by atoms with Crippen molar-refractivity contribution in [3.05, 3.63) is 36.4 Å². The molecule has 0 radical (unpaired) electrons. The fourth-order valence-electron chi connectivity index (χ4n) is 3.00. The summed E-state index contributed by atoms with van der Waals surface area (Å²) in [4.78, 5) is 15.8. The van der Waals surface area contributed by atoms with E-state index in [2.05, 4.69) is 30.4 Å². The van der Waals surface area contributed by atoms with Gasteiger partial charge in [0.05, 0.1) is 30.4 Å². The summed E-state index contributed by atoms with van der Waals surface area (Å²) in [7, 11) is 7.72. The average molecular weight is 453 g/mol. The lowest BCUT2D eigenvalue weighted by Gasteiger charge is -2.15. The fraction of sp³-hybridized carbons (Fsp3) is 0.364. The number of pyridine rings is 1. The molecule has 0 amide bonds. The van der Waals surface area contributed by atoms with Crippen LogP contribution in [0.4, 0.5) is 18.9 Å².